The lowest BCUT2D eigenvalue weighted by molar-refractivity contribution is -0.179. The molecular formula is C28H29F7N4O3. The maximum absolute atomic E-state index is 14.0. The summed E-state index contributed by atoms with van der Waals surface area (Å²) < 4.78 is 101. The van der Waals surface area contributed by atoms with Gasteiger partial charge in [0.1, 0.15) is 5.82 Å². The van der Waals surface area contributed by atoms with Crippen molar-refractivity contribution in [3.05, 3.63) is 65.1 Å². The number of anilines is 1. The Kier molecular flexibility index (Phi) is 8.35. The van der Waals surface area contributed by atoms with Crippen LogP contribution in [0.4, 0.5) is 41.2 Å². The number of alkyl halides is 6. The van der Waals surface area contributed by atoms with E-state index in [0.29, 0.717) is 31.7 Å². The molecule has 0 unspecified atom stereocenters. The minimum absolute atomic E-state index is 0.0474. The van der Waals surface area contributed by atoms with Gasteiger partial charge in [-0.1, -0.05) is 0 Å². The van der Waals surface area contributed by atoms with Crippen LogP contribution in [0.25, 0.3) is 5.57 Å². The van der Waals surface area contributed by atoms with Gasteiger partial charge in [0, 0.05) is 67.9 Å². The zero-order valence-corrected chi connectivity index (χ0v) is 22.7. The molecule has 1 saturated carbocycles. The zero-order chi connectivity index (χ0) is 31.1. The number of ether oxygens (including phenoxy) is 1. The van der Waals surface area contributed by atoms with Gasteiger partial charge < -0.3 is 25.5 Å². The molecule has 1 aliphatic carbocycles. The summed E-state index contributed by atoms with van der Waals surface area (Å²) in [6.45, 7) is 4.06. The highest BCUT2D eigenvalue weighted by atomic mass is 19.4. The Bertz CT molecular complexity index is 1360. The molecule has 0 bridgehead atoms. The lowest BCUT2D eigenvalue weighted by atomic mass is 9.56. The molecule has 2 aliphatic rings. The van der Waals surface area contributed by atoms with Gasteiger partial charge in [0.2, 0.25) is 0 Å². The number of carbonyl (C=O) groups excluding carboxylic acids is 1. The fourth-order valence-electron chi connectivity index (χ4n) is 5.70. The van der Waals surface area contributed by atoms with Gasteiger partial charge in [0.05, 0.1) is 16.7 Å². The van der Waals surface area contributed by atoms with Crippen LogP contribution in [0.5, 0.6) is 5.75 Å². The first kappa shape index (κ1) is 31.3. The number of nitrogens with one attached hydrogen (secondary N) is 2. The molecular weight excluding hydrogens is 573 g/mol. The van der Waals surface area contributed by atoms with E-state index in [1.54, 1.807) is 6.92 Å². The Hall–Kier alpha value is -3.65. The molecule has 7 nitrogen and oxygen atoms in total. The number of allylic oxidation sites excluding steroid dienone is 1. The normalized spacial score (nSPS) is 18.2. The highest BCUT2D eigenvalue weighted by Crippen LogP contribution is 2.53. The Labute approximate surface area is 237 Å². The van der Waals surface area contributed by atoms with Crippen LogP contribution < -0.4 is 15.0 Å². The van der Waals surface area contributed by atoms with Gasteiger partial charge in [-0.2, -0.15) is 26.3 Å². The molecule has 0 radical (unpaired) electrons. The molecule has 1 saturated heterocycles. The number of nitrogens with zero attached hydrogens (tertiary/aromatic N) is 2. The minimum atomic E-state index is -5.36. The smallest absolute Gasteiger partial charge is 0.409 e. The van der Waals surface area contributed by atoms with Crippen LogP contribution >= 0.6 is 0 Å². The van der Waals surface area contributed by atoms with Gasteiger partial charge in [-0.3, -0.25) is 4.90 Å². The first-order chi connectivity index (χ1) is 19.4. The molecule has 3 N–H and O–H groups in total. The Balaban J connectivity index is 1.60. The summed E-state index contributed by atoms with van der Waals surface area (Å²) in [5.74, 6) is -1.85. The number of benzene rings is 2. The quantitative estimate of drug-likeness (QED) is 0.198. The van der Waals surface area contributed by atoms with Gasteiger partial charge in [0.25, 0.3) is 0 Å². The van der Waals surface area contributed by atoms with Crippen molar-refractivity contribution in [2.75, 3.05) is 38.1 Å². The molecule has 4 rings (SSSR count). The van der Waals surface area contributed by atoms with Crippen LogP contribution in [0.15, 0.2) is 42.6 Å². The largest absolute Gasteiger partial charge is 0.420 e. The number of hydrogen-bond donors (Lipinski definition) is 3. The number of hydrogen-bond acceptors (Lipinski definition) is 6. The molecule has 2 aromatic carbocycles. The van der Waals surface area contributed by atoms with E-state index in [1.807, 2.05) is 0 Å². The Morgan fingerprint density at radius 1 is 1.12 bits per heavy atom. The predicted octanol–water partition coefficient (Wildman–Crippen LogP) is 5.93. The fraction of sp³-hybridized carbons (Fsp3) is 0.429. The first-order valence-corrected chi connectivity index (χ1v) is 12.9. The molecule has 1 heterocycles. The molecule has 0 aromatic heterocycles. The van der Waals surface area contributed by atoms with E-state index >= 15 is 0 Å². The number of aliphatic hydroxyl groups is 1. The van der Waals surface area contributed by atoms with E-state index in [0.717, 1.165) is 55.5 Å². The molecule has 2 aromatic rings. The van der Waals surface area contributed by atoms with Crippen molar-refractivity contribution in [1.82, 2.24) is 10.2 Å². The van der Waals surface area contributed by atoms with Crippen LogP contribution in [0, 0.1) is 16.6 Å². The molecule has 1 amide bonds. The zero-order valence-electron chi connectivity index (χ0n) is 22.7. The second kappa shape index (κ2) is 11.2. The number of carbonyl (C=O) groups is 1. The van der Waals surface area contributed by atoms with Crippen molar-refractivity contribution in [3.63, 3.8) is 0 Å². The van der Waals surface area contributed by atoms with Crippen molar-refractivity contribution in [1.29, 1.82) is 5.41 Å². The summed E-state index contributed by atoms with van der Waals surface area (Å²) in [4.78, 5) is 15.7. The molecule has 0 atom stereocenters. The van der Waals surface area contributed by atoms with E-state index < -0.39 is 57.9 Å². The van der Waals surface area contributed by atoms with E-state index in [1.165, 1.54) is 0 Å². The second-order valence-electron chi connectivity index (χ2n) is 11.1. The first-order valence-electron chi connectivity index (χ1n) is 12.9. The van der Waals surface area contributed by atoms with E-state index in [-0.39, 0.29) is 23.7 Å². The van der Waals surface area contributed by atoms with Crippen molar-refractivity contribution >= 4 is 23.6 Å². The van der Waals surface area contributed by atoms with Crippen molar-refractivity contribution in [2.45, 2.75) is 37.7 Å². The predicted molar refractivity (Wildman–Crippen MR) is 141 cm³/mol. The Morgan fingerprint density at radius 2 is 1.74 bits per heavy atom. The summed E-state index contributed by atoms with van der Waals surface area (Å²) in [6.07, 6.45) is -8.89. The van der Waals surface area contributed by atoms with Crippen LogP contribution in [-0.4, -0.2) is 61.1 Å². The summed E-state index contributed by atoms with van der Waals surface area (Å²) in [5, 5.41) is 20.5. The summed E-state index contributed by atoms with van der Waals surface area (Å²) in [7, 11) is 1.13. The number of likely N-dealkylation sites (tertiary alicyclic amines) is 1. The van der Waals surface area contributed by atoms with E-state index in [9.17, 15) is 40.6 Å². The standard InChI is InChI=1S/C28H29F7N4O3/c1-25(41)13-26(14-25)15-39(16-26)8-7-37-12-17(11-36)21-9-18(27(30,31)32)10-22(28(33,34)35)23(21)42-24(40)38(2)20-5-3-19(29)4-6-20/h3-6,9-12,36-37,41H,7-8,13-16H2,1-2H3/b17-12+,36-11?. The highest BCUT2D eigenvalue weighted by molar-refractivity contribution is 6.10. The summed E-state index contributed by atoms with van der Waals surface area (Å²) in [5.41, 5.74) is -5.22. The third-order valence-corrected chi connectivity index (χ3v) is 7.32. The average Bonchev–Trinajstić information content (AvgIpc) is 2.85. The van der Waals surface area contributed by atoms with Crippen molar-refractivity contribution < 1.29 is 45.4 Å². The maximum Gasteiger partial charge on any atom is 0.420 e. The van der Waals surface area contributed by atoms with Gasteiger partial charge in [-0.25, -0.2) is 9.18 Å². The molecule has 2 fully saturated rings. The van der Waals surface area contributed by atoms with Crippen LogP contribution in [-0.2, 0) is 12.4 Å². The van der Waals surface area contributed by atoms with Crippen LogP contribution in [0.3, 0.4) is 0 Å². The third-order valence-electron chi connectivity index (χ3n) is 7.32. The molecule has 14 heteroatoms. The lowest BCUT2D eigenvalue weighted by Gasteiger charge is -2.61. The molecule has 1 spiro atoms. The third kappa shape index (κ3) is 6.86. The van der Waals surface area contributed by atoms with E-state index in [2.05, 4.69) is 10.2 Å². The Morgan fingerprint density at radius 3 is 2.26 bits per heavy atom. The van der Waals surface area contributed by atoms with Crippen molar-refractivity contribution in [2.24, 2.45) is 5.41 Å². The van der Waals surface area contributed by atoms with E-state index in [4.69, 9.17) is 10.1 Å². The monoisotopic (exact) mass is 602 g/mol. The number of amides is 1. The van der Waals surface area contributed by atoms with Crippen molar-refractivity contribution in [3.8, 4) is 5.75 Å². The van der Waals surface area contributed by atoms with Crippen LogP contribution in [0.1, 0.15) is 36.5 Å². The SMILES string of the molecule is CN(C(=O)Oc1c(/C(C=N)=C/NCCN2CC3(C2)CC(C)(O)C3)cc(C(F)(F)F)cc1C(F)(F)F)c1ccc(F)cc1. The maximum atomic E-state index is 14.0. The lowest BCUT2D eigenvalue weighted by Crippen LogP contribution is -2.67. The topological polar surface area (TPSA) is 88.9 Å². The van der Waals surface area contributed by atoms with Gasteiger partial charge in [-0.05, 0) is 56.2 Å². The summed E-state index contributed by atoms with van der Waals surface area (Å²) >= 11 is 0. The molecule has 42 heavy (non-hydrogen) atoms. The highest BCUT2D eigenvalue weighted by Gasteiger charge is 2.56. The average molecular weight is 603 g/mol. The minimum Gasteiger partial charge on any atom is -0.409 e. The molecule has 228 valence electrons. The second-order valence-corrected chi connectivity index (χ2v) is 11.1. The summed E-state index contributed by atoms with van der Waals surface area (Å²) in [6, 6.07) is 4.55. The number of rotatable bonds is 8. The van der Waals surface area contributed by atoms with Crippen LogP contribution in [0.2, 0.25) is 0 Å². The fourth-order valence-corrected chi connectivity index (χ4v) is 5.70. The molecule has 1 aliphatic heterocycles. The van der Waals surface area contributed by atoms with Gasteiger partial charge >= 0.3 is 18.4 Å². The number of halogens is 7. The van der Waals surface area contributed by atoms with Gasteiger partial charge in [-0.15, -0.1) is 0 Å². The van der Waals surface area contributed by atoms with Gasteiger partial charge in [0.15, 0.2) is 5.75 Å².